The molecular weight excluding hydrogens is 214 g/mol. The van der Waals surface area contributed by atoms with Crippen LogP contribution in [0, 0.1) is 0 Å². The van der Waals surface area contributed by atoms with E-state index in [0.717, 1.165) is 38.2 Å². The summed E-state index contributed by atoms with van der Waals surface area (Å²) in [5, 5.41) is 0. The predicted octanol–water partition coefficient (Wildman–Crippen LogP) is 1.42. The van der Waals surface area contributed by atoms with Crippen LogP contribution in [0.3, 0.4) is 0 Å². The summed E-state index contributed by atoms with van der Waals surface area (Å²) in [6.45, 7) is 5.43. The van der Waals surface area contributed by atoms with Crippen molar-refractivity contribution in [2.45, 2.75) is 19.4 Å². The van der Waals surface area contributed by atoms with Crippen molar-refractivity contribution in [3.8, 4) is 0 Å². The van der Waals surface area contributed by atoms with E-state index in [-0.39, 0.29) is 0 Å². The highest BCUT2D eigenvalue weighted by Gasteiger charge is 2.20. The van der Waals surface area contributed by atoms with Crippen LogP contribution in [0.4, 0.5) is 5.82 Å². The quantitative estimate of drug-likeness (QED) is 0.724. The first-order valence-electron chi connectivity index (χ1n) is 6.07. The Morgan fingerprint density at radius 1 is 1.41 bits per heavy atom. The van der Waals surface area contributed by atoms with E-state index < -0.39 is 0 Å². The first kappa shape index (κ1) is 12.0. The number of likely N-dealkylation sites (N-methyl/N-ethyl adjacent to an activating group) is 1. The van der Waals surface area contributed by atoms with Gasteiger partial charge in [-0.3, -0.25) is 4.79 Å². The zero-order valence-corrected chi connectivity index (χ0v) is 10.5. The summed E-state index contributed by atoms with van der Waals surface area (Å²) in [7, 11) is 2.16. The lowest BCUT2D eigenvalue weighted by Gasteiger charge is -2.29. The van der Waals surface area contributed by atoms with E-state index in [1.807, 2.05) is 12.1 Å². The molecule has 1 aliphatic heterocycles. The number of pyridine rings is 1. The third kappa shape index (κ3) is 2.82. The third-order valence-corrected chi connectivity index (χ3v) is 3.25. The van der Waals surface area contributed by atoms with Crippen molar-refractivity contribution in [1.29, 1.82) is 0 Å². The van der Waals surface area contributed by atoms with E-state index in [2.05, 4.69) is 28.8 Å². The molecule has 1 aliphatic rings. The van der Waals surface area contributed by atoms with Gasteiger partial charge in [0.15, 0.2) is 6.29 Å². The summed E-state index contributed by atoms with van der Waals surface area (Å²) in [5.74, 6) is 0.971. The standard InChI is InChI=1S/C13H19N3O/c1-11-9-15(2)6-3-7-16(11)13-5-4-12(10-17)8-14-13/h4-5,8,10-11H,3,6-7,9H2,1-2H3. The summed E-state index contributed by atoms with van der Waals surface area (Å²) >= 11 is 0. The Morgan fingerprint density at radius 2 is 2.24 bits per heavy atom. The van der Waals surface area contributed by atoms with Crippen LogP contribution in [0.2, 0.25) is 0 Å². The van der Waals surface area contributed by atoms with Crippen molar-refractivity contribution in [2.24, 2.45) is 0 Å². The van der Waals surface area contributed by atoms with Gasteiger partial charge in [-0.05, 0) is 39.1 Å². The summed E-state index contributed by atoms with van der Waals surface area (Å²) in [6, 6.07) is 4.22. The van der Waals surface area contributed by atoms with E-state index in [1.54, 1.807) is 6.20 Å². The van der Waals surface area contributed by atoms with Gasteiger partial charge in [-0.2, -0.15) is 0 Å². The van der Waals surface area contributed by atoms with Crippen molar-refractivity contribution in [2.75, 3.05) is 31.6 Å². The molecule has 0 saturated carbocycles. The molecule has 1 atom stereocenters. The molecule has 0 radical (unpaired) electrons. The molecule has 1 fully saturated rings. The van der Waals surface area contributed by atoms with Crippen LogP contribution < -0.4 is 4.90 Å². The fourth-order valence-corrected chi connectivity index (χ4v) is 2.35. The first-order valence-corrected chi connectivity index (χ1v) is 6.07. The lowest BCUT2D eigenvalue weighted by Crippen LogP contribution is -2.38. The van der Waals surface area contributed by atoms with Crippen LogP contribution >= 0.6 is 0 Å². The minimum absolute atomic E-state index is 0.456. The molecule has 0 aromatic carbocycles. The number of carbonyl (C=O) groups is 1. The van der Waals surface area contributed by atoms with E-state index >= 15 is 0 Å². The van der Waals surface area contributed by atoms with E-state index in [0.29, 0.717) is 11.6 Å². The minimum atomic E-state index is 0.456. The Bertz CT molecular complexity index is 377. The lowest BCUT2D eigenvalue weighted by molar-refractivity contribution is 0.112. The van der Waals surface area contributed by atoms with Crippen LogP contribution in [0.15, 0.2) is 18.3 Å². The van der Waals surface area contributed by atoms with Crippen molar-refractivity contribution in [3.63, 3.8) is 0 Å². The number of hydrogen-bond acceptors (Lipinski definition) is 4. The maximum Gasteiger partial charge on any atom is 0.151 e. The molecule has 2 heterocycles. The summed E-state index contributed by atoms with van der Waals surface area (Å²) < 4.78 is 0. The topological polar surface area (TPSA) is 36.4 Å². The number of aromatic nitrogens is 1. The summed E-state index contributed by atoms with van der Waals surface area (Å²) in [6.07, 6.45) is 3.62. The molecular formula is C13H19N3O. The molecule has 4 nitrogen and oxygen atoms in total. The van der Waals surface area contributed by atoms with Crippen molar-refractivity contribution >= 4 is 12.1 Å². The number of anilines is 1. The molecule has 4 heteroatoms. The molecule has 2 rings (SSSR count). The average molecular weight is 233 g/mol. The fourth-order valence-electron chi connectivity index (χ4n) is 2.35. The average Bonchev–Trinajstić information content (AvgIpc) is 2.50. The van der Waals surface area contributed by atoms with Crippen LogP contribution in [-0.2, 0) is 0 Å². The largest absolute Gasteiger partial charge is 0.353 e. The van der Waals surface area contributed by atoms with Gasteiger partial charge in [0.2, 0.25) is 0 Å². The minimum Gasteiger partial charge on any atom is -0.353 e. The zero-order chi connectivity index (χ0) is 12.3. The normalized spacial score (nSPS) is 22.2. The van der Waals surface area contributed by atoms with Crippen LogP contribution in [0.1, 0.15) is 23.7 Å². The number of nitrogens with zero attached hydrogens (tertiary/aromatic N) is 3. The van der Waals surface area contributed by atoms with E-state index in [4.69, 9.17) is 0 Å². The molecule has 0 aliphatic carbocycles. The van der Waals surface area contributed by atoms with Gasteiger partial charge in [0.05, 0.1) is 0 Å². The van der Waals surface area contributed by atoms with E-state index in [1.165, 1.54) is 0 Å². The molecule has 0 N–H and O–H groups in total. The summed E-state index contributed by atoms with van der Waals surface area (Å²) in [5.41, 5.74) is 0.633. The number of rotatable bonds is 2. The van der Waals surface area contributed by atoms with Crippen molar-refractivity contribution < 1.29 is 4.79 Å². The Balaban J connectivity index is 2.16. The van der Waals surface area contributed by atoms with Crippen molar-refractivity contribution in [1.82, 2.24) is 9.88 Å². The Kier molecular flexibility index (Phi) is 3.74. The van der Waals surface area contributed by atoms with Gasteiger partial charge < -0.3 is 9.80 Å². The SMILES string of the molecule is CC1CN(C)CCCN1c1ccc(C=O)cn1. The zero-order valence-electron chi connectivity index (χ0n) is 10.5. The van der Waals surface area contributed by atoms with E-state index in [9.17, 15) is 4.79 Å². The van der Waals surface area contributed by atoms with Crippen molar-refractivity contribution in [3.05, 3.63) is 23.9 Å². The Morgan fingerprint density at radius 3 is 2.88 bits per heavy atom. The lowest BCUT2D eigenvalue weighted by atomic mass is 10.2. The van der Waals surface area contributed by atoms with Gasteiger partial charge in [0, 0.05) is 30.9 Å². The molecule has 0 amide bonds. The van der Waals surface area contributed by atoms with Crippen LogP contribution in [0.5, 0.6) is 0 Å². The highest BCUT2D eigenvalue weighted by Crippen LogP contribution is 2.17. The molecule has 92 valence electrons. The monoisotopic (exact) mass is 233 g/mol. The van der Waals surface area contributed by atoms with Crippen LogP contribution in [0.25, 0.3) is 0 Å². The van der Waals surface area contributed by atoms with Gasteiger partial charge in [-0.1, -0.05) is 0 Å². The first-order chi connectivity index (χ1) is 8.20. The maximum atomic E-state index is 10.6. The molecule has 17 heavy (non-hydrogen) atoms. The van der Waals surface area contributed by atoms with Gasteiger partial charge in [-0.15, -0.1) is 0 Å². The second-order valence-corrected chi connectivity index (χ2v) is 4.73. The van der Waals surface area contributed by atoms with Crippen LogP contribution in [-0.4, -0.2) is 48.9 Å². The number of carbonyl (C=O) groups excluding carboxylic acids is 1. The highest BCUT2D eigenvalue weighted by molar-refractivity contribution is 5.74. The second-order valence-electron chi connectivity index (χ2n) is 4.73. The Hall–Kier alpha value is -1.42. The molecule has 1 saturated heterocycles. The third-order valence-electron chi connectivity index (χ3n) is 3.25. The molecule has 1 aromatic rings. The second kappa shape index (κ2) is 5.27. The number of hydrogen-bond donors (Lipinski definition) is 0. The molecule has 1 unspecified atom stereocenters. The Labute approximate surface area is 102 Å². The summed E-state index contributed by atoms with van der Waals surface area (Å²) in [4.78, 5) is 19.6. The van der Waals surface area contributed by atoms with Gasteiger partial charge in [0.25, 0.3) is 0 Å². The smallest absolute Gasteiger partial charge is 0.151 e. The maximum absolute atomic E-state index is 10.6. The van der Waals surface area contributed by atoms with Gasteiger partial charge in [-0.25, -0.2) is 4.98 Å². The highest BCUT2D eigenvalue weighted by atomic mass is 16.1. The fraction of sp³-hybridized carbons (Fsp3) is 0.538. The molecule has 1 aromatic heterocycles. The molecule has 0 bridgehead atoms. The molecule has 0 spiro atoms. The van der Waals surface area contributed by atoms with Gasteiger partial charge >= 0.3 is 0 Å². The number of aldehydes is 1. The van der Waals surface area contributed by atoms with Gasteiger partial charge in [0.1, 0.15) is 5.82 Å². The predicted molar refractivity (Wildman–Crippen MR) is 68.5 cm³/mol.